The van der Waals surface area contributed by atoms with Crippen LogP contribution in [0, 0.1) is 0 Å². The molecule has 0 radical (unpaired) electrons. The van der Waals surface area contributed by atoms with E-state index >= 15 is 0 Å². The Morgan fingerprint density at radius 1 is 1.00 bits per heavy atom. The Morgan fingerprint density at radius 3 is 2.31 bits per heavy atom. The molecule has 4 rings (SSSR count). The van der Waals surface area contributed by atoms with Gasteiger partial charge in [-0.05, 0) is 17.7 Å². The minimum absolute atomic E-state index is 0.0501. The van der Waals surface area contributed by atoms with Crippen LogP contribution in [0.15, 0.2) is 59.4 Å². The van der Waals surface area contributed by atoms with Gasteiger partial charge >= 0.3 is 0 Å². The van der Waals surface area contributed by atoms with Crippen molar-refractivity contribution < 1.29 is 0 Å². The van der Waals surface area contributed by atoms with Crippen LogP contribution in [0.3, 0.4) is 0 Å². The lowest BCUT2D eigenvalue weighted by atomic mass is 10.2. The van der Waals surface area contributed by atoms with Crippen molar-refractivity contribution in [2.45, 2.75) is 44.7 Å². The first-order valence-corrected chi connectivity index (χ1v) is 12.9. The number of rotatable bonds is 4. The van der Waals surface area contributed by atoms with Crippen LogP contribution < -0.4 is 10.6 Å². The van der Waals surface area contributed by atoms with Crippen molar-refractivity contribution in [2.24, 2.45) is 0 Å². The Morgan fingerprint density at radius 2 is 1.65 bits per heavy atom. The van der Waals surface area contributed by atoms with Gasteiger partial charge in [0.15, 0.2) is 0 Å². The van der Waals surface area contributed by atoms with Gasteiger partial charge in [-0.3, -0.25) is 9.80 Å². The third-order valence-electron chi connectivity index (χ3n) is 5.18. The monoisotopic (exact) mass is 363 g/mol. The number of para-hydroxylation sites is 1. The second-order valence-corrected chi connectivity index (χ2v) is 13.4. The Labute approximate surface area is 155 Å². The van der Waals surface area contributed by atoms with E-state index in [1.54, 1.807) is 0 Å². The lowest BCUT2D eigenvalue weighted by Gasteiger charge is -2.19. The van der Waals surface area contributed by atoms with Crippen molar-refractivity contribution in [1.29, 1.82) is 0 Å². The van der Waals surface area contributed by atoms with Gasteiger partial charge in [-0.1, -0.05) is 69.0 Å². The molecule has 134 valence electrons. The topological polar surface area (TPSA) is 37.9 Å². The largest absolute Gasteiger partial charge is 0.297 e. The maximum atomic E-state index is 13.3. The molecule has 0 aliphatic carbocycles. The predicted molar refractivity (Wildman–Crippen MR) is 110 cm³/mol. The summed E-state index contributed by atoms with van der Waals surface area (Å²) in [7, 11) is -1.50. The molecule has 0 saturated carbocycles. The van der Waals surface area contributed by atoms with E-state index in [2.05, 4.69) is 55.8 Å². The zero-order chi connectivity index (χ0) is 18.5. The van der Waals surface area contributed by atoms with E-state index < -0.39 is 8.07 Å². The molecule has 1 aliphatic rings. The van der Waals surface area contributed by atoms with Gasteiger partial charge in [0.25, 0.3) is 5.56 Å². The summed E-state index contributed by atoms with van der Waals surface area (Å²) in [6.45, 7) is 9.19. The highest BCUT2D eigenvalue weighted by atomic mass is 28.3. The molecule has 0 bridgehead atoms. The lowest BCUT2D eigenvalue weighted by Crippen LogP contribution is -2.40. The van der Waals surface area contributed by atoms with E-state index in [0.717, 1.165) is 17.8 Å². The fourth-order valence-corrected chi connectivity index (χ4v) is 6.24. The van der Waals surface area contributed by atoms with Gasteiger partial charge in [-0.2, -0.15) is 0 Å². The number of nitrogens with zero attached hydrogens (tertiary/aromatic N) is 3. The Kier molecular flexibility index (Phi) is 3.99. The van der Waals surface area contributed by atoms with E-state index in [1.165, 1.54) is 5.56 Å². The van der Waals surface area contributed by atoms with Crippen molar-refractivity contribution in [2.75, 3.05) is 5.01 Å². The molecule has 0 unspecified atom stereocenters. The van der Waals surface area contributed by atoms with Crippen LogP contribution in [0.4, 0.5) is 0 Å². The van der Waals surface area contributed by atoms with Gasteiger partial charge in [-0.15, -0.1) is 0 Å². The molecule has 5 heteroatoms. The summed E-state index contributed by atoms with van der Waals surface area (Å²) in [5.74, 6) is 0.843. The van der Waals surface area contributed by atoms with Gasteiger partial charge < -0.3 is 0 Å². The molecule has 0 spiro atoms. The smallest absolute Gasteiger partial charge is 0.280 e. The molecule has 3 aromatic rings. The van der Waals surface area contributed by atoms with Crippen molar-refractivity contribution >= 4 is 19.0 Å². The number of fused-ring (bicyclic) bond motifs is 1. The fraction of sp³-hybridized carbons (Fsp3) is 0.333. The van der Waals surface area contributed by atoms with Crippen LogP contribution in [0.1, 0.15) is 24.4 Å². The highest BCUT2D eigenvalue weighted by Gasteiger charge is 2.57. The normalized spacial score (nSPS) is 19.8. The van der Waals surface area contributed by atoms with Gasteiger partial charge in [0, 0.05) is 6.42 Å². The van der Waals surface area contributed by atoms with Crippen molar-refractivity contribution in [1.82, 2.24) is 9.66 Å². The molecule has 2 aromatic carbocycles. The lowest BCUT2D eigenvalue weighted by molar-refractivity contribution is 0.685. The number of hydrogen-bond donors (Lipinski definition) is 0. The highest BCUT2D eigenvalue weighted by molar-refractivity contribution is 6.79. The highest BCUT2D eigenvalue weighted by Crippen LogP contribution is 2.45. The molecular weight excluding hydrogens is 338 g/mol. The van der Waals surface area contributed by atoms with E-state index in [4.69, 9.17) is 4.98 Å². The summed E-state index contributed by atoms with van der Waals surface area (Å²) in [6, 6.07) is 18.5. The van der Waals surface area contributed by atoms with Crippen molar-refractivity contribution in [3.05, 3.63) is 76.3 Å². The number of hydrogen-bond acceptors (Lipinski definition) is 3. The average Bonchev–Trinajstić information content (AvgIpc) is 3.38. The molecule has 1 aliphatic heterocycles. The summed E-state index contributed by atoms with van der Waals surface area (Å²) >= 11 is 0. The maximum absolute atomic E-state index is 13.3. The molecule has 1 aromatic heterocycles. The third-order valence-corrected chi connectivity index (χ3v) is 7.53. The van der Waals surface area contributed by atoms with Gasteiger partial charge in [0.05, 0.1) is 30.7 Å². The van der Waals surface area contributed by atoms with E-state index in [1.807, 2.05) is 35.0 Å². The zero-order valence-corrected chi connectivity index (χ0v) is 16.8. The summed E-state index contributed by atoms with van der Waals surface area (Å²) in [4.78, 5) is 18.1. The molecule has 4 nitrogen and oxygen atoms in total. The van der Waals surface area contributed by atoms with E-state index in [0.29, 0.717) is 11.1 Å². The molecule has 1 fully saturated rings. The van der Waals surface area contributed by atoms with Crippen molar-refractivity contribution in [3.63, 3.8) is 0 Å². The van der Waals surface area contributed by atoms with Gasteiger partial charge in [-0.25, -0.2) is 9.66 Å². The van der Waals surface area contributed by atoms with Crippen LogP contribution >= 0.6 is 0 Å². The molecule has 2 atom stereocenters. The summed E-state index contributed by atoms with van der Waals surface area (Å²) in [5.41, 5.74) is 2.51. The van der Waals surface area contributed by atoms with Crippen LogP contribution in [0.25, 0.3) is 10.9 Å². The molecule has 0 N–H and O–H groups in total. The second-order valence-electron chi connectivity index (χ2n) is 8.06. The standard InChI is InChI=1S/C21H25N3OSi/c1-5-18-22-17-14-10-9-13-16(17)20(25)23(18)24-19(21(24)26(2,3)4)15-11-7-6-8-12-15/h6-14,19,21H,5H2,1-4H3/t19-,21-,24?/m0/s1. The average molecular weight is 364 g/mol. The van der Waals surface area contributed by atoms with Crippen LogP contribution in [0.5, 0.6) is 0 Å². The first kappa shape index (κ1) is 17.0. The SMILES string of the molecule is CCc1nc2ccccc2c(=O)n1N1[C@@H](c2ccccc2)[C@@H]1[Si](C)(C)C. The minimum Gasteiger partial charge on any atom is -0.297 e. The number of aryl methyl sites for hydroxylation is 1. The quantitative estimate of drug-likeness (QED) is 0.521. The van der Waals surface area contributed by atoms with Gasteiger partial charge in [0.2, 0.25) is 0 Å². The molecule has 26 heavy (non-hydrogen) atoms. The molecular formula is C21H25N3OSi. The van der Waals surface area contributed by atoms with Crippen LogP contribution in [-0.4, -0.2) is 23.4 Å². The van der Waals surface area contributed by atoms with Gasteiger partial charge in [0.1, 0.15) is 5.82 Å². The Bertz CT molecular complexity index is 1010. The summed E-state index contributed by atoms with van der Waals surface area (Å²) in [6.07, 6.45) is 0.733. The summed E-state index contributed by atoms with van der Waals surface area (Å²) < 4.78 is 1.86. The third kappa shape index (κ3) is 2.67. The first-order valence-electron chi connectivity index (χ1n) is 9.27. The molecule has 2 heterocycles. The Hall–Kier alpha value is -2.40. The van der Waals surface area contributed by atoms with E-state index in [9.17, 15) is 4.79 Å². The predicted octanol–water partition coefficient (Wildman–Crippen LogP) is 3.90. The van der Waals surface area contributed by atoms with E-state index in [-0.39, 0.29) is 11.6 Å². The van der Waals surface area contributed by atoms with Crippen molar-refractivity contribution in [3.8, 4) is 0 Å². The molecule has 1 saturated heterocycles. The van der Waals surface area contributed by atoms with Crippen LogP contribution in [-0.2, 0) is 6.42 Å². The first-order chi connectivity index (χ1) is 12.4. The maximum Gasteiger partial charge on any atom is 0.280 e. The van der Waals surface area contributed by atoms with Crippen LogP contribution in [0.2, 0.25) is 19.6 Å². The molecule has 0 amide bonds. The zero-order valence-electron chi connectivity index (χ0n) is 15.8. The summed E-state index contributed by atoms with van der Waals surface area (Å²) in [5, 5.41) is 2.97. The minimum atomic E-state index is -1.50. The fourth-order valence-electron chi connectivity index (χ4n) is 3.96. The Balaban J connectivity index is 1.91. The number of aromatic nitrogens is 2. The second kappa shape index (κ2) is 6.09. The number of benzene rings is 2.